The van der Waals surface area contributed by atoms with E-state index >= 15 is 0 Å². The molecule has 0 aromatic rings. The highest BCUT2D eigenvalue weighted by Crippen LogP contribution is 2.18. The second-order valence-corrected chi connectivity index (χ2v) is 4.79. The zero-order valence-electron chi connectivity index (χ0n) is 8.16. The van der Waals surface area contributed by atoms with Gasteiger partial charge in [-0.15, -0.1) is 0 Å². The van der Waals surface area contributed by atoms with Gasteiger partial charge in [-0.1, -0.05) is 5.16 Å². The lowest BCUT2D eigenvalue weighted by Gasteiger charge is -2.23. The standard InChI is InChI=1S/C9H14N2O2S/c1-6-8(11-13-9(6)12)4-7-5-14-3-2-10-7/h6-7,10H,2-5H2,1H3. The number of carbonyl (C=O) groups is 1. The summed E-state index contributed by atoms with van der Waals surface area (Å²) in [4.78, 5) is 15.7. The van der Waals surface area contributed by atoms with Gasteiger partial charge < -0.3 is 10.2 Å². The molecular formula is C9H14N2O2S. The van der Waals surface area contributed by atoms with E-state index in [0.717, 1.165) is 24.4 Å². The first-order chi connectivity index (χ1) is 6.77. The first-order valence-electron chi connectivity index (χ1n) is 4.86. The summed E-state index contributed by atoms with van der Waals surface area (Å²) < 4.78 is 0. The predicted octanol–water partition coefficient (Wildman–Crippen LogP) is 0.630. The van der Waals surface area contributed by atoms with Crippen LogP contribution in [0.3, 0.4) is 0 Å². The summed E-state index contributed by atoms with van der Waals surface area (Å²) in [7, 11) is 0. The molecule has 2 heterocycles. The monoisotopic (exact) mass is 214 g/mol. The van der Waals surface area contributed by atoms with Crippen LogP contribution in [0, 0.1) is 5.92 Å². The second-order valence-electron chi connectivity index (χ2n) is 3.64. The topological polar surface area (TPSA) is 50.7 Å². The minimum Gasteiger partial charge on any atom is -0.318 e. The van der Waals surface area contributed by atoms with Gasteiger partial charge in [0.1, 0.15) is 0 Å². The molecule has 0 bridgehead atoms. The molecule has 2 aliphatic rings. The van der Waals surface area contributed by atoms with E-state index in [1.54, 1.807) is 0 Å². The van der Waals surface area contributed by atoms with Crippen molar-refractivity contribution in [3.05, 3.63) is 0 Å². The van der Waals surface area contributed by atoms with E-state index in [-0.39, 0.29) is 11.9 Å². The molecule has 1 saturated heterocycles. The molecule has 0 amide bonds. The van der Waals surface area contributed by atoms with Crippen molar-refractivity contribution in [3.63, 3.8) is 0 Å². The Labute approximate surface area is 87.4 Å². The lowest BCUT2D eigenvalue weighted by molar-refractivity contribution is -0.142. The van der Waals surface area contributed by atoms with Crippen LogP contribution in [0.25, 0.3) is 0 Å². The molecular weight excluding hydrogens is 200 g/mol. The third-order valence-corrected chi connectivity index (χ3v) is 3.69. The van der Waals surface area contributed by atoms with Gasteiger partial charge in [-0.25, -0.2) is 4.79 Å². The van der Waals surface area contributed by atoms with Crippen LogP contribution in [0.5, 0.6) is 0 Å². The number of hydrogen-bond acceptors (Lipinski definition) is 5. The number of nitrogens with zero attached hydrogens (tertiary/aromatic N) is 1. The van der Waals surface area contributed by atoms with Crippen molar-refractivity contribution in [2.75, 3.05) is 18.1 Å². The van der Waals surface area contributed by atoms with Crippen molar-refractivity contribution >= 4 is 23.4 Å². The lowest BCUT2D eigenvalue weighted by atomic mass is 10.0. The van der Waals surface area contributed by atoms with E-state index in [1.165, 1.54) is 5.75 Å². The summed E-state index contributed by atoms with van der Waals surface area (Å²) in [6.07, 6.45) is 0.833. The molecule has 2 atom stereocenters. The molecule has 2 unspecified atom stereocenters. The fraction of sp³-hybridized carbons (Fsp3) is 0.778. The Kier molecular flexibility index (Phi) is 3.08. The number of hydrogen-bond donors (Lipinski definition) is 1. The van der Waals surface area contributed by atoms with Crippen molar-refractivity contribution in [2.45, 2.75) is 19.4 Å². The minimum absolute atomic E-state index is 0.149. The second kappa shape index (κ2) is 4.31. The number of oxime groups is 1. The number of thioether (sulfide) groups is 1. The van der Waals surface area contributed by atoms with Crippen molar-refractivity contribution in [1.82, 2.24) is 5.32 Å². The van der Waals surface area contributed by atoms with Crippen LogP contribution in [0.15, 0.2) is 5.16 Å². The molecule has 2 rings (SSSR count). The summed E-state index contributed by atoms with van der Waals surface area (Å²) in [5.41, 5.74) is 0.884. The molecule has 5 heteroatoms. The van der Waals surface area contributed by atoms with Gasteiger partial charge >= 0.3 is 5.97 Å². The molecule has 14 heavy (non-hydrogen) atoms. The smallest absolute Gasteiger partial charge is 0.318 e. The predicted molar refractivity (Wildman–Crippen MR) is 56.4 cm³/mol. The van der Waals surface area contributed by atoms with E-state index < -0.39 is 0 Å². The summed E-state index contributed by atoms with van der Waals surface area (Å²) in [5, 5.41) is 7.22. The summed E-state index contributed by atoms with van der Waals surface area (Å²) in [5.74, 6) is 1.90. The van der Waals surface area contributed by atoms with Crippen LogP contribution in [0.4, 0.5) is 0 Å². The van der Waals surface area contributed by atoms with Crippen LogP contribution in [0.2, 0.25) is 0 Å². The summed E-state index contributed by atoms with van der Waals surface area (Å²) in [6.45, 7) is 2.90. The molecule has 2 aliphatic heterocycles. The molecule has 0 radical (unpaired) electrons. The van der Waals surface area contributed by atoms with Gasteiger partial charge in [0, 0.05) is 30.5 Å². The first kappa shape index (κ1) is 9.98. The van der Waals surface area contributed by atoms with Crippen molar-refractivity contribution in [3.8, 4) is 0 Å². The number of carbonyl (C=O) groups excluding carboxylic acids is 1. The van der Waals surface area contributed by atoms with Gasteiger partial charge in [0.25, 0.3) is 0 Å². The Bertz CT molecular complexity index is 262. The lowest BCUT2D eigenvalue weighted by Crippen LogP contribution is -2.39. The molecule has 0 aromatic carbocycles. The number of rotatable bonds is 2. The van der Waals surface area contributed by atoms with Gasteiger partial charge in [-0.3, -0.25) is 0 Å². The maximum absolute atomic E-state index is 11.1. The van der Waals surface area contributed by atoms with Crippen LogP contribution in [-0.4, -0.2) is 35.8 Å². The normalized spacial score (nSPS) is 32.6. The quantitative estimate of drug-likeness (QED) is 0.685. The molecule has 1 fully saturated rings. The third kappa shape index (κ3) is 2.09. The summed E-state index contributed by atoms with van der Waals surface area (Å²) >= 11 is 1.95. The van der Waals surface area contributed by atoms with Crippen molar-refractivity contribution in [1.29, 1.82) is 0 Å². The largest absolute Gasteiger partial charge is 0.343 e. The fourth-order valence-corrected chi connectivity index (χ4v) is 2.56. The highest BCUT2D eigenvalue weighted by molar-refractivity contribution is 7.99. The number of nitrogens with one attached hydrogen (secondary N) is 1. The Morgan fingerprint density at radius 2 is 2.57 bits per heavy atom. The van der Waals surface area contributed by atoms with Crippen molar-refractivity contribution in [2.24, 2.45) is 11.1 Å². The van der Waals surface area contributed by atoms with Gasteiger partial charge in [0.15, 0.2) is 0 Å². The highest BCUT2D eigenvalue weighted by atomic mass is 32.2. The van der Waals surface area contributed by atoms with Crippen LogP contribution in [0.1, 0.15) is 13.3 Å². The average Bonchev–Trinajstić information content (AvgIpc) is 2.52. The van der Waals surface area contributed by atoms with E-state index in [4.69, 9.17) is 0 Å². The zero-order valence-corrected chi connectivity index (χ0v) is 8.97. The van der Waals surface area contributed by atoms with Crippen LogP contribution >= 0.6 is 11.8 Å². The Morgan fingerprint density at radius 3 is 3.14 bits per heavy atom. The van der Waals surface area contributed by atoms with E-state index in [2.05, 4.69) is 15.3 Å². The van der Waals surface area contributed by atoms with Gasteiger partial charge in [0.05, 0.1) is 11.6 Å². The molecule has 1 N–H and O–H groups in total. The molecule has 0 spiro atoms. The fourth-order valence-electron chi connectivity index (χ4n) is 1.62. The van der Waals surface area contributed by atoms with Gasteiger partial charge in [-0.05, 0) is 6.92 Å². The van der Waals surface area contributed by atoms with E-state index in [1.807, 2.05) is 18.7 Å². The molecule has 0 aromatic heterocycles. The molecule has 0 aliphatic carbocycles. The SMILES string of the molecule is CC1C(=O)ON=C1CC1CSCCN1. The maximum Gasteiger partial charge on any atom is 0.343 e. The molecule has 4 nitrogen and oxygen atoms in total. The van der Waals surface area contributed by atoms with E-state index in [9.17, 15) is 4.79 Å². The summed E-state index contributed by atoms with van der Waals surface area (Å²) in [6, 6.07) is 0.449. The van der Waals surface area contributed by atoms with Gasteiger partial charge in [0.2, 0.25) is 0 Å². The third-order valence-electron chi connectivity index (χ3n) is 2.56. The van der Waals surface area contributed by atoms with Crippen molar-refractivity contribution < 1.29 is 9.63 Å². The Hall–Kier alpha value is -0.550. The Morgan fingerprint density at radius 1 is 1.71 bits per heavy atom. The molecule has 78 valence electrons. The first-order valence-corrected chi connectivity index (χ1v) is 6.01. The van der Waals surface area contributed by atoms with Gasteiger partial charge in [-0.2, -0.15) is 11.8 Å². The average molecular weight is 214 g/mol. The van der Waals surface area contributed by atoms with Crippen LogP contribution < -0.4 is 5.32 Å². The maximum atomic E-state index is 11.1. The zero-order chi connectivity index (χ0) is 9.97. The van der Waals surface area contributed by atoms with E-state index in [0.29, 0.717) is 6.04 Å². The Balaban J connectivity index is 1.87. The van der Waals surface area contributed by atoms with Crippen LogP contribution in [-0.2, 0) is 9.63 Å². The molecule has 0 saturated carbocycles. The minimum atomic E-state index is -0.219. The highest BCUT2D eigenvalue weighted by Gasteiger charge is 2.30.